The third kappa shape index (κ3) is 29.9. The number of phosphoric acid groups is 1. The van der Waals surface area contributed by atoms with Crippen LogP contribution >= 0.6 is 7.82 Å². The number of quaternary nitrogens is 1. The number of phosphoric ester groups is 1. The van der Waals surface area contributed by atoms with E-state index >= 15 is 0 Å². The zero-order chi connectivity index (χ0) is 32.9. The summed E-state index contributed by atoms with van der Waals surface area (Å²) in [5, 5.41) is 13.8. The smallest absolute Gasteiger partial charge is 0.391 e. The molecule has 0 saturated heterocycles. The first-order valence-electron chi connectivity index (χ1n) is 18.1. The van der Waals surface area contributed by atoms with Gasteiger partial charge < -0.3 is 19.8 Å². The van der Waals surface area contributed by atoms with E-state index in [0.29, 0.717) is 23.9 Å². The third-order valence-corrected chi connectivity index (χ3v) is 9.00. The minimum Gasteiger partial charge on any atom is -0.391 e. The molecule has 3 N–H and O–H groups in total. The third-order valence-electron chi connectivity index (χ3n) is 8.01. The number of hydrogen-bond acceptors (Lipinski definition) is 5. The van der Waals surface area contributed by atoms with Crippen molar-refractivity contribution in [1.29, 1.82) is 0 Å². The molecule has 0 rings (SSSR count). The number of rotatable bonds is 32. The van der Waals surface area contributed by atoms with Gasteiger partial charge in [0.25, 0.3) is 0 Å². The predicted octanol–water partition coefficient (Wildman–Crippen LogP) is 8.85. The zero-order valence-electron chi connectivity index (χ0n) is 29.4. The molecule has 3 atom stereocenters. The van der Waals surface area contributed by atoms with E-state index < -0.39 is 20.0 Å². The lowest BCUT2D eigenvalue weighted by Gasteiger charge is -2.26. The Kier molecular flexibility index (Phi) is 28.0. The van der Waals surface area contributed by atoms with Crippen LogP contribution in [0.5, 0.6) is 0 Å². The van der Waals surface area contributed by atoms with Crippen LogP contribution in [-0.2, 0) is 18.4 Å². The number of aliphatic hydroxyl groups is 1. The molecule has 0 aromatic rings. The first kappa shape index (κ1) is 43.2. The molecule has 0 radical (unpaired) electrons. The van der Waals surface area contributed by atoms with Crippen LogP contribution < -0.4 is 5.32 Å². The summed E-state index contributed by atoms with van der Waals surface area (Å²) in [6, 6.07) is -0.760. The first-order valence-corrected chi connectivity index (χ1v) is 19.5. The molecule has 0 bridgehead atoms. The van der Waals surface area contributed by atoms with Crippen molar-refractivity contribution in [1.82, 2.24) is 5.32 Å². The Bertz CT molecular complexity index is 743. The average molecular weight is 648 g/mol. The molecule has 0 heterocycles. The van der Waals surface area contributed by atoms with E-state index in [2.05, 4.69) is 31.3 Å². The fraction of sp³-hybridized carbons (Fsp3) is 0.914. The number of nitrogens with zero attached hydrogens (tertiary/aromatic N) is 1. The minimum absolute atomic E-state index is 0.0730. The molecule has 8 nitrogen and oxygen atoms in total. The molecule has 0 aromatic carbocycles. The average Bonchev–Trinajstić information content (AvgIpc) is 2.95. The Morgan fingerprint density at radius 1 is 0.750 bits per heavy atom. The summed E-state index contributed by atoms with van der Waals surface area (Å²) in [5.41, 5.74) is 0. The number of aliphatic hydroxyl groups excluding tert-OH is 1. The van der Waals surface area contributed by atoms with E-state index in [1.165, 1.54) is 77.0 Å². The highest BCUT2D eigenvalue weighted by molar-refractivity contribution is 7.47. The van der Waals surface area contributed by atoms with Crippen LogP contribution in [0.4, 0.5) is 0 Å². The fourth-order valence-corrected chi connectivity index (χ4v) is 5.77. The van der Waals surface area contributed by atoms with Crippen LogP contribution in [0.15, 0.2) is 12.2 Å². The van der Waals surface area contributed by atoms with Crippen LogP contribution in [0.3, 0.4) is 0 Å². The number of nitrogens with one attached hydrogen (secondary N) is 1. The van der Waals surface area contributed by atoms with Crippen LogP contribution in [0, 0.1) is 0 Å². The Morgan fingerprint density at radius 3 is 1.75 bits per heavy atom. The van der Waals surface area contributed by atoms with Crippen molar-refractivity contribution in [3.8, 4) is 0 Å². The van der Waals surface area contributed by atoms with Gasteiger partial charge in [0.15, 0.2) is 0 Å². The number of carbonyl (C=O) groups is 1. The van der Waals surface area contributed by atoms with Crippen molar-refractivity contribution in [2.45, 2.75) is 167 Å². The largest absolute Gasteiger partial charge is 0.472 e. The molecule has 0 aliphatic carbocycles. The van der Waals surface area contributed by atoms with Gasteiger partial charge in [-0.3, -0.25) is 13.8 Å². The molecule has 0 fully saturated rings. The highest BCUT2D eigenvalue weighted by atomic mass is 31.2. The standard InChI is InChI=1S/C35H71N2O6P/c1-6-8-10-12-14-16-17-18-19-21-23-25-27-29-35(39)36-33(32-43-44(40,41)42-31-30-37(3,4)5)34(38)28-26-24-22-20-15-13-11-9-7-2/h18-19,33-34,38H,6-17,20-32H2,1-5H3,(H-,36,39,40,41)/p+1/b19-18-. The molecule has 44 heavy (non-hydrogen) atoms. The molecule has 9 heteroatoms. The number of hydrogen-bond donors (Lipinski definition) is 3. The van der Waals surface area contributed by atoms with Gasteiger partial charge in [-0.2, -0.15) is 0 Å². The molecule has 0 saturated carbocycles. The van der Waals surface area contributed by atoms with Crippen molar-refractivity contribution >= 4 is 13.7 Å². The molecule has 3 unspecified atom stereocenters. The van der Waals surface area contributed by atoms with Crippen LogP contribution in [0.2, 0.25) is 0 Å². The van der Waals surface area contributed by atoms with Crippen LogP contribution in [0.1, 0.15) is 155 Å². The summed E-state index contributed by atoms with van der Waals surface area (Å²) in [5.74, 6) is -0.165. The second-order valence-corrected chi connectivity index (χ2v) is 15.1. The summed E-state index contributed by atoms with van der Waals surface area (Å²) in [6.07, 6.45) is 28.1. The summed E-state index contributed by atoms with van der Waals surface area (Å²) < 4.78 is 23.4. The molecule has 0 spiro atoms. The lowest BCUT2D eigenvalue weighted by atomic mass is 10.0. The van der Waals surface area contributed by atoms with E-state index in [-0.39, 0.29) is 19.1 Å². The van der Waals surface area contributed by atoms with Crippen molar-refractivity contribution in [3.63, 3.8) is 0 Å². The summed E-state index contributed by atoms with van der Waals surface area (Å²) >= 11 is 0. The first-order chi connectivity index (χ1) is 21.0. The highest BCUT2D eigenvalue weighted by Gasteiger charge is 2.28. The molecule has 0 aromatic heterocycles. The lowest BCUT2D eigenvalue weighted by Crippen LogP contribution is -2.46. The number of allylic oxidation sites excluding steroid dienone is 2. The molecule has 0 aliphatic heterocycles. The van der Waals surface area contributed by atoms with Gasteiger partial charge in [-0.1, -0.05) is 122 Å². The van der Waals surface area contributed by atoms with Gasteiger partial charge in [0.2, 0.25) is 5.91 Å². The Balaban J connectivity index is 4.51. The lowest BCUT2D eigenvalue weighted by molar-refractivity contribution is -0.870. The summed E-state index contributed by atoms with van der Waals surface area (Å²) in [4.78, 5) is 22.9. The van der Waals surface area contributed by atoms with Crippen LogP contribution in [-0.4, -0.2) is 73.4 Å². The monoisotopic (exact) mass is 648 g/mol. The van der Waals surface area contributed by atoms with Gasteiger partial charge >= 0.3 is 7.82 Å². The van der Waals surface area contributed by atoms with Crippen molar-refractivity contribution in [2.75, 3.05) is 40.9 Å². The molecule has 1 amide bonds. The van der Waals surface area contributed by atoms with Gasteiger partial charge in [-0.25, -0.2) is 4.57 Å². The summed E-state index contributed by atoms with van der Waals surface area (Å²) in [7, 11) is 1.60. The van der Waals surface area contributed by atoms with E-state index in [1.807, 2.05) is 21.1 Å². The maximum Gasteiger partial charge on any atom is 0.472 e. The molecule has 0 aliphatic rings. The topological polar surface area (TPSA) is 105 Å². The van der Waals surface area contributed by atoms with Crippen molar-refractivity contribution in [3.05, 3.63) is 12.2 Å². The molecular weight excluding hydrogens is 575 g/mol. The maximum absolute atomic E-state index is 12.7. The molecular formula is C35H72N2O6P+. The number of likely N-dealkylation sites (N-methyl/N-ethyl adjacent to an activating group) is 1. The normalized spacial score (nSPS) is 15.0. The van der Waals surface area contributed by atoms with Gasteiger partial charge in [-0.15, -0.1) is 0 Å². The highest BCUT2D eigenvalue weighted by Crippen LogP contribution is 2.43. The Labute approximate surface area is 272 Å². The summed E-state index contributed by atoms with van der Waals surface area (Å²) in [6.45, 7) is 4.82. The molecule has 262 valence electrons. The quantitative estimate of drug-likeness (QED) is 0.0292. The van der Waals surface area contributed by atoms with E-state index in [1.54, 1.807) is 0 Å². The van der Waals surface area contributed by atoms with Gasteiger partial charge in [0.05, 0.1) is 39.9 Å². The van der Waals surface area contributed by atoms with Crippen LogP contribution in [0.25, 0.3) is 0 Å². The Hall–Kier alpha value is -0.760. The second kappa shape index (κ2) is 28.5. The fourth-order valence-electron chi connectivity index (χ4n) is 5.04. The zero-order valence-corrected chi connectivity index (χ0v) is 30.3. The predicted molar refractivity (Wildman–Crippen MR) is 185 cm³/mol. The number of amides is 1. The number of carbonyl (C=O) groups excluding carboxylic acids is 1. The van der Waals surface area contributed by atoms with E-state index in [4.69, 9.17) is 9.05 Å². The van der Waals surface area contributed by atoms with Gasteiger partial charge in [-0.05, 0) is 38.5 Å². The minimum atomic E-state index is -4.30. The second-order valence-electron chi connectivity index (χ2n) is 13.6. The maximum atomic E-state index is 12.7. The Morgan fingerprint density at radius 2 is 1.23 bits per heavy atom. The van der Waals surface area contributed by atoms with E-state index in [9.17, 15) is 19.4 Å². The van der Waals surface area contributed by atoms with Crippen molar-refractivity contribution in [2.24, 2.45) is 0 Å². The van der Waals surface area contributed by atoms with Gasteiger partial charge in [0.1, 0.15) is 13.2 Å². The van der Waals surface area contributed by atoms with E-state index in [0.717, 1.165) is 51.4 Å². The SMILES string of the molecule is CCCCCCCC/C=C\CCCCCC(=O)NC(COP(=O)(O)OCC[N+](C)(C)C)C(O)CCCCCCCCCCC. The van der Waals surface area contributed by atoms with Crippen molar-refractivity contribution < 1.29 is 32.9 Å². The number of unbranched alkanes of at least 4 members (excludes halogenated alkanes) is 17. The van der Waals surface area contributed by atoms with Gasteiger partial charge in [0, 0.05) is 6.42 Å².